The van der Waals surface area contributed by atoms with Crippen LogP contribution in [0.2, 0.25) is 0 Å². The summed E-state index contributed by atoms with van der Waals surface area (Å²) in [5.74, 6) is 0.851. The molecule has 0 aliphatic carbocycles. The molecule has 0 atom stereocenters. The molecule has 1 aromatic rings. The normalized spacial score (nSPS) is 10.9. The third-order valence-corrected chi connectivity index (χ3v) is 2.65. The standard InChI is InChI=1S/C12H22N4O/c1-4-16(7-5-6-15(2)3)12-11(9-17)8-13-10-14-12/h8,10,17H,4-7,9H2,1-3H3. The van der Waals surface area contributed by atoms with Crippen molar-refractivity contribution >= 4 is 5.82 Å². The summed E-state index contributed by atoms with van der Waals surface area (Å²) >= 11 is 0. The lowest BCUT2D eigenvalue weighted by molar-refractivity contribution is 0.281. The van der Waals surface area contributed by atoms with E-state index in [-0.39, 0.29) is 6.61 Å². The van der Waals surface area contributed by atoms with Gasteiger partial charge in [0.25, 0.3) is 0 Å². The monoisotopic (exact) mass is 238 g/mol. The van der Waals surface area contributed by atoms with E-state index in [9.17, 15) is 5.11 Å². The highest BCUT2D eigenvalue weighted by atomic mass is 16.3. The van der Waals surface area contributed by atoms with Gasteiger partial charge in [-0.3, -0.25) is 0 Å². The molecule has 0 aliphatic heterocycles. The molecule has 0 spiro atoms. The molecule has 5 nitrogen and oxygen atoms in total. The molecule has 0 fully saturated rings. The first-order valence-corrected chi connectivity index (χ1v) is 5.98. The van der Waals surface area contributed by atoms with Crippen LogP contribution in [0, 0.1) is 0 Å². The minimum Gasteiger partial charge on any atom is -0.391 e. The van der Waals surface area contributed by atoms with Crippen LogP contribution >= 0.6 is 0 Å². The molecule has 1 aromatic heterocycles. The second kappa shape index (κ2) is 7.19. The van der Waals surface area contributed by atoms with Gasteiger partial charge in [-0.1, -0.05) is 0 Å². The third kappa shape index (κ3) is 4.28. The van der Waals surface area contributed by atoms with Crippen molar-refractivity contribution in [3.8, 4) is 0 Å². The zero-order valence-corrected chi connectivity index (χ0v) is 10.9. The zero-order valence-electron chi connectivity index (χ0n) is 10.9. The summed E-state index contributed by atoms with van der Waals surface area (Å²) in [6.45, 7) is 4.96. The summed E-state index contributed by atoms with van der Waals surface area (Å²) < 4.78 is 0. The van der Waals surface area contributed by atoms with Crippen molar-refractivity contribution < 1.29 is 5.11 Å². The summed E-state index contributed by atoms with van der Waals surface area (Å²) in [6.07, 6.45) is 4.29. The molecule has 0 saturated carbocycles. The van der Waals surface area contributed by atoms with Crippen molar-refractivity contribution in [2.24, 2.45) is 0 Å². The fourth-order valence-corrected chi connectivity index (χ4v) is 1.74. The van der Waals surface area contributed by atoms with Gasteiger partial charge in [0.2, 0.25) is 0 Å². The van der Waals surface area contributed by atoms with Crippen LogP contribution in [0.25, 0.3) is 0 Å². The van der Waals surface area contributed by atoms with Gasteiger partial charge in [0.1, 0.15) is 12.1 Å². The Hall–Kier alpha value is -1.20. The predicted molar refractivity (Wildman–Crippen MR) is 69.0 cm³/mol. The average Bonchev–Trinajstić information content (AvgIpc) is 2.34. The van der Waals surface area contributed by atoms with E-state index >= 15 is 0 Å². The lowest BCUT2D eigenvalue weighted by atomic mass is 10.2. The number of nitrogens with zero attached hydrogens (tertiary/aromatic N) is 4. The maximum atomic E-state index is 9.26. The highest BCUT2D eigenvalue weighted by Gasteiger charge is 2.10. The molecule has 17 heavy (non-hydrogen) atoms. The van der Waals surface area contributed by atoms with Crippen molar-refractivity contribution in [2.45, 2.75) is 20.0 Å². The Morgan fingerprint density at radius 3 is 2.65 bits per heavy atom. The van der Waals surface area contributed by atoms with Crippen LogP contribution < -0.4 is 4.90 Å². The average molecular weight is 238 g/mol. The van der Waals surface area contributed by atoms with Gasteiger partial charge >= 0.3 is 0 Å². The Kier molecular flexibility index (Phi) is 5.86. The van der Waals surface area contributed by atoms with Crippen molar-refractivity contribution in [3.05, 3.63) is 18.1 Å². The van der Waals surface area contributed by atoms with Crippen LogP contribution in [0.15, 0.2) is 12.5 Å². The molecular formula is C12H22N4O. The van der Waals surface area contributed by atoms with E-state index in [4.69, 9.17) is 0 Å². The molecule has 5 heteroatoms. The number of aromatic nitrogens is 2. The van der Waals surface area contributed by atoms with E-state index in [2.05, 4.69) is 40.8 Å². The van der Waals surface area contributed by atoms with Crippen molar-refractivity contribution in [3.63, 3.8) is 0 Å². The quantitative estimate of drug-likeness (QED) is 0.759. The van der Waals surface area contributed by atoms with Crippen molar-refractivity contribution in [1.82, 2.24) is 14.9 Å². The smallest absolute Gasteiger partial charge is 0.137 e. The summed E-state index contributed by atoms with van der Waals surface area (Å²) in [7, 11) is 4.14. The van der Waals surface area contributed by atoms with E-state index in [1.807, 2.05) is 0 Å². The lowest BCUT2D eigenvalue weighted by Crippen LogP contribution is -2.28. The summed E-state index contributed by atoms with van der Waals surface area (Å²) in [4.78, 5) is 12.5. The van der Waals surface area contributed by atoms with E-state index < -0.39 is 0 Å². The van der Waals surface area contributed by atoms with Gasteiger partial charge in [-0.05, 0) is 34.0 Å². The fourth-order valence-electron chi connectivity index (χ4n) is 1.74. The molecule has 0 aliphatic rings. The van der Waals surface area contributed by atoms with Crippen LogP contribution in [0.1, 0.15) is 18.9 Å². The van der Waals surface area contributed by atoms with Crippen LogP contribution in [0.3, 0.4) is 0 Å². The molecule has 1 N–H and O–H groups in total. The van der Waals surface area contributed by atoms with Crippen LogP contribution in [0.5, 0.6) is 0 Å². The van der Waals surface area contributed by atoms with Crippen LogP contribution in [0.4, 0.5) is 5.82 Å². The minimum atomic E-state index is -0.0135. The Bertz CT molecular complexity index is 330. The first-order valence-electron chi connectivity index (χ1n) is 5.98. The third-order valence-electron chi connectivity index (χ3n) is 2.65. The molecule has 0 bridgehead atoms. The van der Waals surface area contributed by atoms with Gasteiger partial charge in [-0.2, -0.15) is 0 Å². The minimum absolute atomic E-state index is 0.0135. The van der Waals surface area contributed by atoms with E-state index in [1.165, 1.54) is 6.33 Å². The Balaban J connectivity index is 2.65. The highest BCUT2D eigenvalue weighted by molar-refractivity contribution is 5.44. The van der Waals surface area contributed by atoms with Crippen molar-refractivity contribution in [1.29, 1.82) is 0 Å². The van der Waals surface area contributed by atoms with Gasteiger partial charge < -0.3 is 14.9 Å². The molecule has 0 aromatic carbocycles. The summed E-state index contributed by atoms with van der Waals surface area (Å²) in [5.41, 5.74) is 0.791. The number of hydrogen-bond acceptors (Lipinski definition) is 5. The first-order chi connectivity index (χ1) is 8.19. The number of anilines is 1. The van der Waals surface area contributed by atoms with Gasteiger partial charge in [-0.15, -0.1) is 0 Å². The topological polar surface area (TPSA) is 52.5 Å². The van der Waals surface area contributed by atoms with Crippen molar-refractivity contribution in [2.75, 3.05) is 38.6 Å². The predicted octanol–water partition coefficient (Wildman–Crippen LogP) is 0.747. The fraction of sp³-hybridized carbons (Fsp3) is 0.667. The zero-order chi connectivity index (χ0) is 12.7. The number of rotatable bonds is 7. The van der Waals surface area contributed by atoms with Gasteiger partial charge in [-0.25, -0.2) is 9.97 Å². The van der Waals surface area contributed by atoms with E-state index in [0.717, 1.165) is 37.4 Å². The molecule has 96 valence electrons. The Morgan fingerprint density at radius 1 is 1.29 bits per heavy atom. The van der Waals surface area contributed by atoms with Crippen LogP contribution in [-0.2, 0) is 6.61 Å². The number of hydrogen-bond donors (Lipinski definition) is 1. The second-order valence-electron chi connectivity index (χ2n) is 4.27. The molecule has 0 radical (unpaired) electrons. The van der Waals surface area contributed by atoms with Gasteiger partial charge in [0.05, 0.1) is 6.61 Å². The Morgan fingerprint density at radius 2 is 2.06 bits per heavy atom. The first kappa shape index (κ1) is 13.9. The van der Waals surface area contributed by atoms with Gasteiger partial charge in [0, 0.05) is 24.8 Å². The molecule has 0 saturated heterocycles. The summed E-state index contributed by atoms with van der Waals surface area (Å²) in [5, 5.41) is 9.26. The number of aliphatic hydroxyl groups excluding tert-OH is 1. The maximum absolute atomic E-state index is 9.26. The van der Waals surface area contributed by atoms with Gasteiger partial charge in [0.15, 0.2) is 0 Å². The molecule has 0 unspecified atom stereocenters. The molecule has 0 amide bonds. The number of aliphatic hydroxyl groups is 1. The summed E-state index contributed by atoms with van der Waals surface area (Å²) in [6, 6.07) is 0. The largest absolute Gasteiger partial charge is 0.391 e. The van der Waals surface area contributed by atoms with E-state index in [1.54, 1.807) is 6.20 Å². The molecule has 1 rings (SSSR count). The molecular weight excluding hydrogens is 216 g/mol. The highest BCUT2D eigenvalue weighted by Crippen LogP contribution is 2.16. The van der Waals surface area contributed by atoms with E-state index in [0.29, 0.717) is 0 Å². The Labute approximate surface area is 103 Å². The SMILES string of the molecule is CCN(CCCN(C)C)c1ncncc1CO. The second-order valence-corrected chi connectivity index (χ2v) is 4.27. The maximum Gasteiger partial charge on any atom is 0.137 e. The lowest BCUT2D eigenvalue weighted by Gasteiger charge is -2.24. The molecule has 1 heterocycles. The van der Waals surface area contributed by atoms with Crippen LogP contribution in [-0.4, -0.2) is 53.7 Å².